The summed E-state index contributed by atoms with van der Waals surface area (Å²) >= 11 is 0. The standard InChI is InChI=1S/C31H58O4/c1-3-5-7-9-11-13-15-16-18-19-21-23-25-27-29(31(33)34)35-30(32)28-26-24-22-20-17-14-12-10-8-6-4-2/h10,12,29H,3-9,11,13-28H2,1-2H3,(H,33,34)/b12-10-. The summed E-state index contributed by atoms with van der Waals surface area (Å²) in [5.74, 6) is -1.37. The van der Waals surface area contributed by atoms with E-state index in [1.165, 1.54) is 96.3 Å². The van der Waals surface area contributed by atoms with E-state index >= 15 is 0 Å². The zero-order valence-corrected chi connectivity index (χ0v) is 23.4. The third-order valence-electron chi connectivity index (χ3n) is 6.76. The summed E-state index contributed by atoms with van der Waals surface area (Å²) in [6.45, 7) is 4.47. The molecule has 0 aliphatic rings. The van der Waals surface area contributed by atoms with Crippen molar-refractivity contribution in [1.82, 2.24) is 0 Å². The maximum absolute atomic E-state index is 12.1. The highest BCUT2D eigenvalue weighted by Gasteiger charge is 2.21. The first-order valence-electron chi connectivity index (χ1n) is 15.2. The highest BCUT2D eigenvalue weighted by Crippen LogP contribution is 2.15. The first kappa shape index (κ1) is 33.7. The van der Waals surface area contributed by atoms with E-state index in [-0.39, 0.29) is 5.97 Å². The Balaban J connectivity index is 3.61. The molecule has 0 saturated carbocycles. The molecule has 0 aromatic carbocycles. The van der Waals surface area contributed by atoms with E-state index in [1.54, 1.807) is 0 Å². The van der Waals surface area contributed by atoms with Crippen molar-refractivity contribution in [3.05, 3.63) is 12.2 Å². The number of carbonyl (C=O) groups is 2. The summed E-state index contributed by atoms with van der Waals surface area (Å²) < 4.78 is 5.26. The van der Waals surface area contributed by atoms with Gasteiger partial charge in [0.15, 0.2) is 6.10 Å². The van der Waals surface area contributed by atoms with E-state index in [0.717, 1.165) is 44.9 Å². The topological polar surface area (TPSA) is 63.6 Å². The molecule has 0 saturated heterocycles. The van der Waals surface area contributed by atoms with E-state index in [1.807, 2.05) is 0 Å². The lowest BCUT2D eigenvalue weighted by atomic mass is 10.0. The maximum Gasteiger partial charge on any atom is 0.345 e. The van der Waals surface area contributed by atoms with Gasteiger partial charge in [0, 0.05) is 6.42 Å². The van der Waals surface area contributed by atoms with Gasteiger partial charge in [0.25, 0.3) is 0 Å². The van der Waals surface area contributed by atoms with Crippen LogP contribution in [0.2, 0.25) is 0 Å². The molecule has 206 valence electrons. The number of allylic oxidation sites excluding steroid dienone is 2. The number of ether oxygens (including phenoxy) is 1. The van der Waals surface area contributed by atoms with Crippen LogP contribution in [0.5, 0.6) is 0 Å². The number of carbonyl (C=O) groups excluding carboxylic acids is 1. The van der Waals surface area contributed by atoms with Crippen molar-refractivity contribution in [2.45, 2.75) is 174 Å². The van der Waals surface area contributed by atoms with Gasteiger partial charge in [-0.15, -0.1) is 0 Å². The Labute approximate surface area is 217 Å². The smallest absolute Gasteiger partial charge is 0.345 e. The van der Waals surface area contributed by atoms with E-state index < -0.39 is 12.1 Å². The van der Waals surface area contributed by atoms with Gasteiger partial charge in [-0.25, -0.2) is 4.79 Å². The van der Waals surface area contributed by atoms with Crippen LogP contribution in [0.15, 0.2) is 12.2 Å². The van der Waals surface area contributed by atoms with Crippen molar-refractivity contribution < 1.29 is 19.4 Å². The van der Waals surface area contributed by atoms with Crippen molar-refractivity contribution in [2.75, 3.05) is 0 Å². The molecule has 1 unspecified atom stereocenters. The van der Waals surface area contributed by atoms with E-state index in [2.05, 4.69) is 26.0 Å². The molecular weight excluding hydrogens is 436 g/mol. The van der Waals surface area contributed by atoms with Crippen molar-refractivity contribution in [1.29, 1.82) is 0 Å². The molecule has 0 bridgehead atoms. The van der Waals surface area contributed by atoms with Crippen molar-refractivity contribution in [3.8, 4) is 0 Å². The number of aliphatic carboxylic acids is 1. The number of carboxylic acid groups (broad SMARTS) is 1. The minimum Gasteiger partial charge on any atom is -0.479 e. The molecule has 0 aromatic rings. The molecule has 35 heavy (non-hydrogen) atoms. The minimum atomic E-state index is -1.01. The van der Waals surface area contributed by atoms with Gasteiger partial charge in [-0.2, -0.15) is 0 Å². The lowest BCUT2D eigenvalue weighted by molar-refractivity contribution is -0.164. The van der Waals surface area contributed by atoms with Crippen LogP contribution in [0.4, 0.5) is 0 Å². The van der Waals surface area contributed by atoms with Crippen LogP contribution in [-0.4, -0.2) is 23.1 Å². The Hall–Kier alpha value is -1.32. The monoisotopic (exact) mass is 494 g/mol. The molecular formula is C31H58O4. The molecule has 0 fully saturated rings. The molecule has 0 heterocycles. The Kier molecular flexibility index (Phi) is 26.2. The fraction of sp³-hybridized carbons (Fsp3) is 0.871. The fourth-order valence-corrected chi connectivity index (χ4v) is 4.42. The zero-order valence-electron chi connectivity index (χ0n) is 23.4. The molecule has 0 rings (SSSR count). The molecule has 0 radical (unpaired) electrons. The highest BCUT2D eigenvalue weighted by molar-refractivity contribution is 5.77. The normalized spacial score (nSPS) is 12.3. The highest BCUT2D eigenvalue weighted by atomic mass is 16.6. The number of carboxylic acids is 1. The number of hydrogen-bond acceptors (Lipinski definition) is 3. The Bertz CT molecular complexity index is 500. The Morgan fingerprint density at radius 3 is 1.54 bits per heavy atom. The van der Waals surface area contributed by atoms with Crippen LogP contribution in [0.1, 0.15) is 168 Å². The quantitative estimate of drug-likeness (QED) is 0.0701. The van der Waals surface area contributed by atoms with Crippen molar-refractivity contribution in [2.24, 2.45) is 0 Å². The van der Waals surface area contributed by atoms with Gasteiger partial charge in [0.05, 0.1) is 0 Å². The van der Waals surface area contributed by atoms with Gasteiger partial charge in [-0.1, -0.05) is 135 Å². The SMILES string of the molecule is CCCC/C=C\CCCCCCCC(=O)OC(CCCCCCCCCCCCCCC)C(=O)O. The molecule has 0 aliphatic heterocycles. The zero-order chi connectivity index (χ0) is 25.8. The first-order valence-corrected chi connectivity index (χ1v) is 15.2. The van der Waals surface area contributed by atoms with E-state index in [4.69, 9.17) is 4.74 Å². The van der Waals surface area contributed by atoms with Gasteiger partial charge in [-0.3, -0.25) is 4.79 Å². The Morgan fingerprint density at radius 1 is 0.600 bits per heavy atom. The van der Waals surface area contributed by atoms with E-state index in [0.29, 0.717) is 12.8 Å². The average Bonchev–Trinajstić information content (AvgIpc) is 2.84. The second kappa shape index (κ2) is 27.3. The maximum atomic E-state index is 12.1. The van der Waals surface area contributed by atoms with Crippen LogP contribution < -0.4 is 0 Å². The number of esters is 1. The first-order chi connectivity index (χ1) is 17.1. The summed E-state index contributed by atoms with van der Waals surface area (Å²) in [7, 11) is 0. The van der Waals surface area contributed by atoms with Gasteiger partial charge in [-0.05, 0) is 38.5 Å². The van der Waals surface area contributed by atoms with Crippen molar-refractivity contribution >= 4 is 11.9 Å². The molecule has 0 spiro atoms. The molecule has 0 amide bonds. The van der Waals surface area contributed by atoms with Crippen molar-refractivity contribution in [3.63, 3.8) is 0 Å². The Morgan fingerprint density at radius 2 is 1.03 bits per heavy atom. The molecule has 1 N–H and O–H groups in total. The summed E-state index contributed by atoms with van der Waals surface area (Å²) in [5, 5.41) is 9.39. The third kappa shape index (κ3) is 25.6. The molecule has 0 aromatic heterocycles. The van der Waals surface area contributed by atoms with Gasteiger partial charge in [0.2, 0.25) is 0 Å². The molecule has 1 atom stereocenters. The molecule has 4 heteroatoms. The fourth-order valence-electron chi connectivity index (χ4n) is 4.42. The van der Waals surface area contributed by atoms with Crippen LogP contribution in [-0.2, 0) is 14.3 Å². The third-order valence-corrected chi connectivity index (χ3v) is 6.76. The van der Waals surface area contributed by atoms with Crippen LogP contribution in [0.25, 0.3) is 0 Å². The summed E-state index contributed by atoms with van der Waals surface area (Å²) in [6.07, 6.45) is 30.9. The van der Waals surface area contributed by atoms with Gasteiger partial charge >= 0.3 is 11.9 Å². The second-order valence-corrected chi connectivity index (χ2v) is 10.3. The number of rotatable bonds is 27. The van der Waals surface area contributed by atoms with Crippen LogP contribution >= 0.6 is 0 Å². The summed E-state index contributed by atoms with van der Waals surface area (Å²) in [4.78, 5) is 23.5. The number of hydrogen-bond donors (Lipinski definition) is 1. The summed E-state index contributed by atoms with van der Waals surface area (Å²) in [6, 6.07) is 0. The second-order valence-electron chi connectivity index (χ2n) is 10.3. The van der Waals surface area contributed by atoms with Crippen LogP contribution in [0.3, 0.4) is 0 Å². The minimum absolute atomic E-state index is 0.333. The van der Waals surface area contributed by atoms with Gasteiger partial charge < -0.3 is 9.84 Å². The lowest BCUT2D eigenvalue weighted by Crippen LogP contribution is -2.27. The van der Waals surface area contributed by atoms with E-state index in [9.17, 15) is 14.7 Å². The number of unbranched alkanes of at least 4 members (excludes halogenated alkanes) is 19. The average molecular weight is 495 g/mol. The molecule has 4 nitrogen and oxygen atoms in total. The van der Waals surface area contributed by atoms with Crippen LogP contribution in [0, 0.1) is 0 Å². The lowest BCUT2D eigenvalue weighted by Gasteiger charge is -2.13. The van der Waals surface area contributed by atoms with Gasteiger partial charge in [0.1, 0.15) is 0 Å². The largest absolute Gasteiger partial charge is 0.479 e. The predicted octanol–water partition coefficient (Wildman–Crippen LogP) is 9.94. The molecule has 0 aliphatic carbocycles. The summed E-state index contributed by atoms with van der Waals surface area (Å²) in [5.41, 5.74) is 0. The predicted molar refractivity (Wildman–Crippen MR) is 149 cm³/mol.